The number of benzene rings is 1. The van der Waals surface area contributed by atoms with Gasteiger partial charge in [0.2, 0.25) is 0 Å². The molecule has 0 saturated heterocycles. The summed E-state index contributed by atoms with van der Waals surface area (Å²) in [5.41, 5.74) is 2.18. The van der Waals surface area contributed by atoms with E-state index in [1.165, 1.54) is 0 Å². The number of rotatable bonds is 4. The van der Waals surface area contributed by atoms with Gasteiger partial charge in [0, 0.05) is 6.04 Å². The molecule has 3 nitrogen and oxygen atoms in total. The SMILES string of the molecule is CCNC1CCC(C)CC1S(=O)(=O)c1ccc(C)c(C)c1. The molecule has 0 radical (unpaired) electrons. The van der Waals surface area contributed by atoms with Gasteiger partial charge in [-0.3, -0.25) is 0 Å². The summed E-state index contributed by atoms with van der Waals surface area (Å²) in [5.74, 6) is 0.478. The Morgan fingerprint density at radius 1 is 1.19 bits per heavy atom. The van der Waals surface area contributed by atoms with E-state index >= 15 is 0 Å². The minimum Gasteiger partial charge on any atom is -0.313 e. The van der Waals surface area contributed by atoms with Gasteiger partial charge in [-0.2, -0.15) is 0 Å². The molecule has 0 heterocycles. The van der Waals surface area contributed by atoms with Gasteiger partial charge in [0.1, 0.15) is 0 Å². The number of hydrogen-bond acceptors (Lipinski definition) is 3. The molecule has 3 atom stereocenters. The highest BCUT2D eigenvalue weighted by atomic mass is 32.2. The van der Waals surface area contributed by atoms with Crippen molar-refractivity contribution >= 4 is 9.84 Å². The fraction of sp³-hybridized carbons (Fsp3) is 0.647. The molecule has 0 amide bonds. The first kappa shape index (κ1) is 16.5. The first-order valence-electron chi connectivity index (χ1n) is 7.90. The van der Waals surface area contributed by atoms with Crippen LogP contribution in [0.4, 0.5) is 0 Å². The lowest BCUT2D eigenvalue weighted by Crippen LogP contribution is -2.47. The molecule has 1 saturated carbocycles. The molecule has 4 heteroatoms. The fourth-order valence-corrected chi connectivity index (χ4v) is 5.43. The van der Waals surface area contributed by atoms with E-state index in [-0.39, 0.29) is 11.3 Å². The van der Waals surface area contributed by atoms with Crippen molar-refractivity contribution in [2.45, 2.75) is 63.1 Å². The van der Waals surface area contributed by atoms with Crippen molar-refractivity contribution in [3.8, 4) is 0 Å². The summed E-state index contributed by atoms with van der Waals surface area (Å²) in [5, 5.41) is 3.08. The zero-order valence-corrected chi connectivity index (χ0v) is 14.3. The molecule has 2 rings (SSSR count). The molecule has 0 aliphatic heterocycles. The number of nitrogens with one attached hydrogen (secondary N) is 1. The molecular weight excluding hydrogens is 282 g/mol. The Morgan fingerprint density at radius 3 is 2.52 bits per heavy atom. The van der Waals surface area contributed by atoms with E-state index < -0.39 is 9.84 Å². The van der Waals surface area contributed by atoms with Gasteiger partial charge in [-0.05, 0) is 68.8 Å². The Balaban J connectivity index is 2.36. The maximum absolute atomic E-state index is 13.0. The first-order valence-corrected chi connectivity index (χ1v) is 9.45. The molecule has 0 aromatic heterocycles. The largest absolute Gasteiger partial charge is 0.313 e. The minimum atomic E-state index is -3.27. The normalized spacial score (nSPS) is 26.8. The quantitative estimate of drug-likeness (QED) is 0.928. The van der Waals surface area contributed by atoms with Crippen LogP contribution in [-0.4, -0.2) is 26.3 Å². The smallest absolute Gasteiger partial charge is 0.182 e. The maximum Gasteiger partial charge on any atom is 0.182 e. The predicted octanol–water partition coefficient (Wildman–Crippen LogP) is 3.24. The van der Waals surface area contributed by atoms with Crippen LogP contribution in [-0.2, 0) is 9.84 Å². The summed E-state index contributed by atoms with van der Waals surface area (Å²) < 4.78 is 26.1. The van der Waals surface area contributed by atoms with Gasteiger partial charge in [0.05, 0.1) is 10.1 Å². The van der Waals surface area contributed by atoms with E-state index in [1.807, 2.05) is 32.9 Å². The van der Waals surface area contributed by atoms with Crippen LogP contribution in [0.2, 0.25) is 0 Å². The van der Waals surface area contributed by atoms with Crippen LogP contribution in [0.5, 0.6) is 0 Å². The summed E-state index contributed by atoms with van der Waals surface area (Å²) in [4.78, 5) is 0.479. The van der Waals surface area contributed by atoms with Crippen molar-refractivity contribution in [1.82, 2.24) is 5.32 Å². The molecule has 1 aliphatic rings. The standard InChI is InChI=1S/C17H27NO2S/c1-5-18-16-9-6-12(2)10-17(16)21(19,20)15-8-7-13(3)14(4)11-15/h7-8,11-12,16-18H,5-6,9-10H2,1-4H3. The number of sulfone groups is 1. The molecule has 1 aromatic rings. The van der Waals surface area contributed by atoms with Gasteiger partial charge in [0.15, 0.2) is 9.84 Å². The van der Waals surface area contributed by atoms with Crippen LogP contribution in [0.15, 0.2) is 23.1 Å². The van der Waals surface area contributed by atoms with E-state index in [0.717, 1.165) is 36.9 Å². The summed E-state index contributed by atoms with van der Waals surface area (Å²) in [6.07, 6.45) is 2.81. The van der Waals surface area contributed by atoms with Crippen LogP contribution < -0.4 is 5.32 Å². The highest BCUT2D eigenvalue weighted by Gasteiger charge is 2.38. The third kappa shape index (κ3) is 3.49. The third-order valence-electron chi connectivity index (χ3n) is 4.73. The number of aryl methyl sites for hydroxylation is 2. The van der Waals surface area contributed by atoms with Crippen LogP contribution in [0.1, 0.15) is 44.2 Å². The second-order valence-electron chi connectivity index (χ2n) is 6.41. The van der Waals surface area contributed by atoms with Crippen molar-refractivity contribution in [1.29, 1.82) is 0 Å². The second kappa shape index (κ2) is 6.49. The molecule has 0 bridgehead atoms. The zero-order valence-electron chi connectivity index (χ0n) is 13.5. The Bertz CT molecular complexity index is 595. The maximum atomic E-state index is 13.0. The Kier molecular flexibility index (Phi) is 5.10. The number of hydrogen-bond donors (Lipinski definition) is 1. The third-order valence-corrected chi connectivity index (χ3v) is 6.95. The van der Waals surface area contributed by atoms with Crippen molar-refractivity contribution in [2.75, 3.05) is 6.54 Å². The molecule has 3 unspecified atom stereocenters. The van der Waals surface area contributed by atoms with Crippen LogP contribution in [0.3, 0.4) is 0 Å². The van der Waals surface area contributed by atoms with E-state index in [0.29, 0.717) is 10.8 Å². The highest BCUT2D eigenvalue weighted by Crippen LogP contribution is 2.32. The lowest BCUT2D eigenvalue weighted by molar-refractivity contribution is 0.311. The Labute approximate surface area is 129 Å². The Morgan fingerprint density at radius 2 is 1.90 bits per heavy atom. The van der Waals surface area contributed by atoms with Crippen LogP contribution in [0, 0.1) is 19.8 Å². The summed E-state index contributed by atoms with van der Waals surface area (Å²) in [6, 6.07) is 5.58. The van der Waals surface area contributed by atoms with E-state index in [9.17, 15) is 8.42 Å². The molecule has 0 spiro atoms. The molecular formula is C17H27NO2S. The minimum absolute atomic E-state index is 0.0813. The molecule has 1 aliphatic carbocycles. The lowest BCUT2D eigenvalue weighted by Gasteiger charge is -2.35. The van der Waals surface area contributed by atoms with Gasteiger partial charge in [-0.1, -0.05) is 19.9 Å². The van der Waals surface area contributed by atoms with Crippen molar-refractivity contribution < 1.29 is 8.42 Å². The highest BCUT2D eigenvalue weighted by molar-refractivity contribution is 7.92. The Hall–Kier alpha value is -0.870. The van der Waals surface area contributed by atoms with Crippen molar-refractivity contribution in [3.63, 3.8) is 0 Å². The van der Waals surface area contributed by atoms with E-state index in [4.69, 9.17) is 0 Å². The average Bonchev–Trinajstić information content (AvgIpc) is 2.44. The monoisotopic (exact) mass is 309 g/mol. The summed E-state index contributed by atoms with van der Waals surface area (Å²) >= 11 is 0. The zero-order chi connectivity index (χ0) is 15.6. The lowest BCUT2D eigenvalue weighted by atomic mass is 9.87. The summed E-state index contributed by atoms with van der Waals surface area (Å²) in [7, 11) is -3.27. The van der Waals surface area contributed by atoms with Crippen molar-refractivity contribution in [3.05, 3.63) is 29.3 Å². The van der Waals surface area contributed by atoms with E-state index in [2.05, 4.69) is 12.2 Å². The van der Waals surface area contributed by atoms with Gasteiger partial charge in [-0.15, -0.1) is 0 Å². The second-order valence-corrected chi connectivity index (χ2v) is 8.58. The molecule has 1 fully saturated rings. The van der Waals surface area contributed by atoms with Crippen molar-refractivity contribution in [2.24, 2.45) is 5.92 Å². The average molecular weight is 309 g/mol. The summed E-state index contributed by atoms with van der Waals surface area (Å²) in [6.45, 7) is 9.00. The molecule has 118 valence electrons. The van der Waals surface area contributed by atoms with E-state index in [1.54, 1.807) is 6.07 Å². The fourth-order valence-electron chi connectivity index (χ4n) is 3.23. The molecule has 21 heavy (non-hydrogen) atoms. The van der Waals surface area contributed by atoms with Crippen LogP contribution >= 0.6 is 0 Å². The topological polar surface area (TPSA) is 46.2 Å². The first-order chi connectivity index (χ1) is 9.86. The van der Waals surface area contributed by atoms with Gasteiger partial charge in [0.25, 0.3) is 0 Å². The molecule has 1 aromatic carbocycles. The van der Waals surface area contributed by atoms with Gasteiger partial charge >= 0.3 is 0 Å². The van der Waals surface area contributed by atoms with Crippen LogP contribution in [0.25, 0.3) is 0 Å². The van der Waals surface area contributed by atoms with Gasteiger partial charge < -0.3 is 5.32 Å². The predicted molar refractivity (Wildman–Crippen MR) is 87.4 cm³/mol. The molecule has 1 N–H and O–H groups in total. The van der Waals surface area contributed by atoms with Gasteiger partial charge in [-0.25, -0.2) is 8.42 Å².